The third-order valence-corrected chi connectivity index (χ3v) is 2.86. The monoisotopic (exact) mass is 274 g/mol. The third-order valence-electron chi connectivity index (χ3n) is 2.86. The molecule has 0 bridgehead atoms. The van der Waals surface area contributed by atoms with Gasteiger partial charge in [-0.05, 0) is 31.0 Å². The van der Waals surface area contributed by atoms with E-state index in [9.17, 15) is 4.79 Å². The summed E-state index contributed by atoms with van der Waals surface area (Å²) in [4.78, 5) is 11.7. The standard InChI is InChI=1S/C16H22N2O2/c1-2-3-4-10-20-11-6-9-16(19)18-15-8-5-7-14(12-15)13-17/h5,7-8,12H,2-4,6,9-11H2,1H3,(H,18,19). The topological polar surface area (TPSA) is 62.1 Å². The smallest absolute Gasteiger partial charge is 0.224 e. The highest BCUT2D eigenvalue weighted by Crippen LogP contribution is 2.10. The Morgan fingerprint density at radius 3 is 2.85 bits per heavy atom. The van der Waals surface area contributed by atoms with E-state index in [-0.39, 0.29) is 5.91 Å². The molecule has 0 saturated carbocycles. The van der Waals surface area contributed by atoms with E-state index < -0.39 is 0 Å². The van der Waals surface area contributed by atoms with Crippen LogP contribution in [0.3, 0.4) is 0 Å². The molecule has 108 valence electrons. The Labute approximate surface area is 120 Å². The van der Waals surface area contributed by atoms with Crippen molar-refractivity contribution in [2.45, 2.75) is 39.0 Å². The number of carbonyl (C=O) groups excluding carboxylic acids is 1. The summed E-state index contributed by atoms with van der Waals surface area (Å²) < 4.78 is 5.45. The van der Waals surface area contributed by atoms with Gasteiger partial charge in [-0.1, -0.05) is 25.8 Å². The molecule has 0 saturated heterocycles. The summed E-state index contributed by atoms with van der Waals surface area (Å²) in [7, 11) is 0. The average molecular weight is 274 g/mol. The van der Waals surface area contributed by atoms with E-state index >= 15 is 0 Å². The van der Waals surface area contributed by atoms with Crippen molar-refractivity contribution in [2.24, 2.45) is 0 Å². The molecule has 0 heterocycles. The maximum Gasteiger partial charge on any atom is 0.224 e. The van der Waals surface area contributed by atoms with Gasteiger partial charge in [-0.25, -0.2) is 0 Å². The zero-order valence-corrected chi connectivity index (χ0v) is 12.0. The predicted octanol–water partition coefficient (Wildman–Crippen LogP) is 3.48. The van der Waals surface area contributed by atoms with Gasteiger partial charge in [0.2, 0.25) is 5.91 Å². The molecule has 0 spiro atoms. The van der Waals surface area contributed by atoms with Crippen molar-refractivity contribution < 1.29 is 9.53 Å². The van der Waals surface area contributed by atoms with Gasteiger partial charge in [0.25, 0.3) is 0 Å². The van der Waals surface area contributed by atoms with Crippen molar-refractivity contribution in [1.82, 2.24) is 0 Å². The molecule has 0 aliphatic rings. The van der Waals surface area contributed by atoms with Crippen molar-refractivity contribution in [1.29, 1.82) is 5.26 Å². The van der Waals surface area contributed by atoms with Crippen molar-refractivity contribution in [3.8, 4) is 6.07 Å². The first-order chi connectivity index (χ1) is 9.76. The van der Waals surface area contributed by atoms with Crippen molar-refractivity contribution in [3.05, 3.63) is 29.8 Å². The van der Waals surface area contributed by atoms with Crippen LogP contribution in [0.15, 0.2) is 24.3 Å². The molecule has 0 unspecified atom stereocenters. The predicted molar refractivity (Wildman–Crippen MR) is 79.4 cm³/mol. The van der Waals surface area contributed by atoms with E-state index in [1.165, 1.54) is 12.8 Å². The second-order valence-electron chi connectivity index (χ2n) is 4.66. The van der Waals surface area contributed by atoms with Crippen molar-refractivity contribution in [3.63, 3.8) is 0 Å². The Morgan fingerprint density at radius 2 is 2.10 bits per heavy atom. The van der Waals surface area contributed by atoms with Crippen LogP contribution < -0.4 is 5.32 Å². The van der Waals surface area contributed by atoms with E-state index in [2.05, 4.69) is 12.2 Å². The lowest BCUT2D eigenvalue weighted by Gasteiger charge is -2.06. The molecule has 0 aromatic heterocycles. The second kappa shape index (κ2) is 9.99. The van der Waals surface area contributed by atoms with Gasteiger partial charge in [0.1, 0.15) is 0 Å². The van der Waals surface area contributed by atoms with Crippen LogP contribution in [-0.2, 0) is 9.53 Å². The van der Waals surface area contributed by atoms with Crippen LogP contribution in [0.2, 0.25) is 0 Å². The summed E-state index contributed by atoms with van der Waals surface area (Å²) in [6.07, 6.45) is 4.62. The number of anilines is 1. The first-order valence-corrected chi connectivity index (χ1v) is 7.14. The Kier molecular flexibility index (Phi) is 8.09. The average Bonchev–Trinajstić information content (AvgIpc) is 2.46. The Balaban J connectivity index is 2.15. The van der Waals surface area contributed by atoms with Crippen LogP contribution in [0, 0.1) is 11.3 Å². The number of unbranched alkanes of at least 4 members (excludes halogenated alkanes) is 2. The van der Waals surface area contributed by atoms with Gasteiger partial charge >= 0.3 is 0 Å². The van der Waals surface area contributed by atoms with Crippen LogP contribution in [0.4, 0.5) is 5.69 Å². The largest absolute Gasteiger partial charge is 0.381 e. The highest BCUT2D eigenvalue weighted by atomic mass is 16.5. The highest BCUT2D eigenvalue weighted by Gasteiger charge is 2.03. The maximum absolute atomic E-state index is 11.7. The third kappa shape index (κ3) is 6.91. The molecule has 0 aliphatic heterocycles. The number of nitriles is 1. The van der Waals surface area contributed by atoms with E-state index in [1.807, 2.05) is 6.07 Å². The fraction of sp³-hybridized carbons (Fsp3) is 0.500. The number of nitrogens with zero attached hydrogens (tertiary/aromatic N) is 1. The highest BCUT2D eigenvalue weighted by molar-refractivity contribution is 5.90. The summed E-state index contributed by atoms with van der Waals surface area (Å²) in [6, 6.07) is 8.95. The molecule has 0 aliphatic carbocycles. The van der Waals surface area contributed by atoms with Crippen LogP contribution >= 0.6 is 0 Å². The molecule has 0 atom stereocenters. The van der Waals surface area contributed by atoms with Crippen LogP contribution in [0.5, 0.6) is 0 Å². The fourth-order valence-electron chi connectivity index (χ4n) is 1.78. The van der Waals surface area contributed by atoms with Gasteiger partial charge in [-0.2, -0.15) is 5.26 Å². The lowest BCUT2D eigenvalue weighted by molar-refractivity contribution is -0.116. The summed E-state index contributed by atoms with van der Waals surface area (Å²) in [5.41, 5.74) is 1.21. The van der Waals surface area contributed by atoms with Gasteiger partial charge < -0.3 is 10.1 Å². The molecule has 1 N–H and O–H groups in total. The number of rotatable bonds is 9. The van der Waals surface area contributed by atoms with E-state index in [4.69, 9.17) is 10.00 Å². The number of benzene rings is 1. The first-order valence-electron chi connectivity index (χ1n) is 7.14. The first kappa shape index (κ1) is 16.2. The molecular formula is C16H22N2O2. The van der Waals surface area contributed by atoms with Crippen molar-refractivity contribution >= 4 is 11.6 Å². The Hall–Kier alpha value is -1.86. The van der Waals surface area contributed by atoms with Gasteiger partial charge in [0.15, 0.2) is 0 Å². The lowest BCUT2D eigenvalue weighted by atomic mass is 10.2. The molecule has 4 heteroatoms. The fourth-order valence-corrected chi connectivity index (χ4v) is 1.78. The zero-order valence-electron chi connectivity index (χ0n) is 12.0. The quantitative estimate of drug-likeness (QED) is 0.701. The zero-order chi connectivity index (χ0) is 14.6. The van der Waals surface area contributed by atoms with E-state index in [1.54, 1.807) is 24.3 Å². The molecule has 20 heavy (non-hydrogen) atoms. The summed E-state index contributed by atoms with van der Waals surface area (Å²) >= 11 is 0. The summed E-state index contributed by atoms with van der Waals surface area (Å²) in [5, 5.41) is 11.6. The molecule has 1 aromatic rings. The molecule has 0 radical (unpaired) electrons. The lowest BCUT2D eigenvalue weighted by Crippen LogP contribution is -2.12. The molecule has 1 rings (SSSR count). The van der Waals surface area contributed by atoms with E-state index in [0.29, 0.717) is 24.3 Å². The summed E-state index contributed by atoms with van der Waals surface area (Å²) in [5.74, 6) is -0.0442. The van der Waals surface area contributed by atoms with Crippen LogP contribution in [0.1, 0.15) is 44.6 Å². The van der Waals surface area contributed by atoms with E-state index in [0.717, 1.165) is 19.4 Å². The molecular weight excluding hydrogens is 252 g/mol. The van der Waals surface area contributed by atoms with Gasteiger partial charge in [-0.15, -0.1) is 0 Å². The minimum absolute atomic E-state index is 0.0442. The Bertz CT molecular complexity index is 452. The van der Waals surface area contributed by atoms with Crippen molar-refractivity contribution in [2.75, 3.05) is 18.5 Å². The second-order valence-corrected chi connectivity index (χ2v) is 4.66. The molecule has 0 fully saturated rings. The number of hydrogen-bond donors (Lipinski definition) is 1. The number of carbonyl (C=O) groups is 1. The molecule has 4 nitrogen and oxygen atoms in total. The summed E-state index contributed by atoms with van der Waals surface area (Å²) in [6.45, 7) is 3.56. The number of ether oxygens (including phenoxy) is 1. The Morgan fingerprint density at radius 1 is 1.30 bits per heavy atom. The SMILES string of the molecule is CCCCCOCCCC(=O)Nc1cccc(C#N)c1. The number of amides is 1. The van der Waals surface area contributed by atoms with Crippen LogP contribution in [0.25, 0.3) is 0 Å². The minimum atomic E-state index is -0.0442. The van der Waals surface area contributed by atoms with Gasteiger partial charge in [-0.3, -0.25) is 4.79 Å². The van der Waals surface area contributed by atoms with Gasteiger partial charge in [0, 0.05) is 25.3 Å². The molecule has 1 amide bonds. The normalized spacial score (nSPS) is 10.0. The maximum atomic E-state index is 11.7. The number of hydrogen-bond acceptors (Lipinski definition) is 3. The van der Waals surface area contributed by atoms with Gasteiger partial charge in [0.05, 0.1) is 11.6 Å². The van der Waals surface area contributed by atoms with Crippen LogP contribution in [-0.4, -0.2) is 19.1 Å². The molecule has 1 aromatic carbocycles. The number of nitrogens with one attached hydrogen (secondary N) is 1. The minimum Gasteiger partial charge on any atom is -0.381 e.